The van der Waals surface area contributed by atoms with Gasteiger partial charge in [-0.2, -0.15) is 11.8 Å². The van der Waals surface area contributed by atoms with Crippen LogP contribution in [0.25, 0.3) is 0 Å². The molecule has 0 unspecified atom stereocenters. The van der Waals surface area contributed by atoms with Crippen molar-refractivity contribution in [2.24, 2.45) is 5.73 Å². The van der Waals surface area contributed by atoms with Crippen LogP contribution < -0.4 is 5.73 Å². The monoisotopic (exact) mass is 262 g/mol. The summed E-state index contributed by atoms with van der Waals surface area (Å²) in [5.74, 6) is 1.31. The fourth-order valence-electron chi connectivity index (χ4n) is 1.52. The van der Waals surface area contributed by atoms with Gasteiger partial charge >= 0.3 is 5.97 Å². The van der Waals surface area contributed by atoms with Gasteiger partial charge in [-0.05, 0) is 5.75 Å². The van der Waals surface area contributed by atoms with Gasteiger partial charge in [-0.25, -0.2) is 0 Å². The standard InChI is InChI=1S/C11H22N2O3S/c1-2-17-9-10(12)11(14)16-8-5-13-3-6-15-7-4-13/h10H,2-9,12H2,1H3/t10-/m0/s1. The maximum Gasteiger partial charge on any atom is 0.323 e. The van der Waals surface area contributed by atoms with Crippen LogP contribution in [0.2, 0.25) is 0 Å². The summed E-state index contributed by atoms with van der Waals surface area (Å²) >= 11 is 1.65. The molecule has 0 aromatic rings. The molecular weight excluding hydrogens is 240 g/mol. The first-order valence-corrected chi connectivity index (χ1v) is 7.19. The van der Waals surface area contributed by atoms with Gasteiger partial charge in [-0.15, -0.1) is 0 Å². The van der Waals surface area contributed by atoms with E-state index in [1.165, 1.54) is 0 Å². The Morgan fingerprint density at radius 1 is 1.53 bits per heavy atom. The molecule has 0 spiro atoms. The second-order valence-corrected chi connectivity index (χ2v) is 5.21. The molecule has 0 aromatic heterocycles. The lowest BCUT2D eigenvalue weighted by Gasteiger charge is -2.26. The average molecular weight is 262 g/mol. The van der Waals surface area contributed by atoms with Crippen LogP contribution in [0.4, 0.5) is 0 Å². The predicted molar refractivity (Wildman–Crippen MR) is 69.2 cm³/mol. The number of hydrogen-bond acceptors (Lipinski definition) is 6. The van der Waals surface area contributed by atoms with Crippen molar-refractivity contribution in [2.45, 2.75) is 13.0 Å². The molecule has 0 radical (unpaired) electrons. The number of nitrogens with zero attached hydrogens (tertiary/aromatic N) is 1. The maximum absolute atomic E-state index is 11.5. The van der Waals surface area contributed by atoms with Crippen molar-refractivity contribution < 1.29 is 14.3 Å². The van der Waals surface area contributed by atoms with Crippen molar-refractivity contribution in [3.63, 3.8) is 0 Å². The van der Waals surface area contributed by atoms with Crippen molar-refractivity contribution in [3.8, 4) is 0 Å². The summed E-state index contributed by atoms with van der Waals surface area (Å²) in [5.41, 5.74) is 5.69. The summed E-state index contributed by atoms with van der Waals surface area (Å²) < 4.78 is 10.4. The topological polar surface area (TPSA) is 64.8 Å². The minimum Gasteiger partial charge on any atom is -0.463 e. The lowest BCUT2D eigenvalue weighted by atomic mass is 10.4. The molecule has 1 fully saturated rings. The number of ether oxygens (including phenoxy) is 2. The quantitative estimate of drug-likeness (QED) is 0.649. The Kier molecular flexibility index (Phi) is 7.59. The molecule has 1 heterocycles. The highest BCUT2D eigenvalue weighted by Gasteiger charge is 2.15. The van der Waals surface area contributed by atoms with Gasteiger partial charge in [0.2, 0.25) is 0 Å². The maximum atomic E-state index is 11.5. The van der Waals surface area contributed by atoms with Gasteiger partial charge in [0, 0.05) is 25.4 Å². The second kappa shape index (κ2) is 8.74. The molecule has 17 heavy (non-hydrogen) atoms. The van der Waals surface area contributed by atoms with Crippen LogP contribution in [-0.2, 0) is 14.3 Å². The van der Waals surface area contributed by atoms with Gasteiger partial charge in [-0.1, -0.05) is 6.92 Å². The molecule has 1 aliphatic heterocycles. The predicted octanol–water partition coefficient (Wildman–Crippen LogP) is -0.0578. The zero-order valence-corrected chi connectivity index (χ0v) is 11.2. The summed E-state index contributed by atoms with van der Waals surface area (Å²) in [6, 6.07) is -0.496. The van der Waals surface area contributed by atoms with Crippen LogP contribution in [0.1, 0.15) is 6.92 Å². The van der Waals surface area contributed by atoms with E-state index in [-0.39, 0.29) is 5.97 Å². The first-order valence-electron chi connectivity index (χ1n) is 6.04. The van der Waals surface area contributed by atoms with Gasteiger partial charge in [0.1, 0.15) is 12.6 Å². The van der Waals surface area contributed by atoms with Crippen LogP contribution in [0.3, 0.4) is 0 Å². The molecule has 0 aliphatic carbocycles. The molecule has 6 heteroatoms. The van der Waals surface area contributed by atoms with E-state index in [0.29, 0.717) is 12.4 Å². The smallest absolute Gasteiger partial charge is 0.323 e. The Balaban J connectivity index is 2.06. The molecule has 0 aromatic carbocycles. The number of rotatable bonds is 7. The van der Waals surface area contributed by atoms with Crippen molar-refractivity contribution in [3.05, 3.63) is 0 Å². The van der Waals surface area contributed by atoms with Gasteiger partial charge in [0.25, 0.3) is 0 Å². The largest absolute Gasteiger partial charge is 0.463 e. The van der Waals surface area contributed by atoms with E-state index in [1.807, 2.05) is 6.92 Å². The number of carbonyl (C=O) groups is 1. The van der Waals surface area contributed by atoms with Gasteiger partial charge < -0.3 is 15.2 Å². The van der Waals surface area contributed by atoms with E-state index in [2.05, 4.69) is 4.90 Å². The summed E-state index contributed by atoms with van der Waals surface area (Å²) in [7, 11) is 0. The summed E-state index contributed by atoms with van der Waals surface area (Å²) in [4.78, 5) is 13.7. The van der Waals surface area contributed by atoms with E-state index >= 15 is 0 Å². The van der Waals surface area contributed by atoms with Crippen LogP contribution in [0.15, 0.2) is 0 Å². The number of carbonyl (C=O) groups excluding carboxylic acids is 1. The van der Waals surface area contributed by atoms with Crippen LogP contribution in [-0.4, -0.2) is 67.9 Å². The Bertz CT molecular complexity index is 223. The Morgan fingerprint density at radius 3 is 2.88 bits per heavy atom. The minimum absolute atomic E-state index is 0.292. The number of hydrogen-bond donors (Lipinski definition) is 1. The summed E-state index contributed by atoms with van der Waals surface area (Å²) in [6.45, 7) is 6.58. The fraction of sp³-hybridized carbons (Fsp3) is 0.909. The third-order valence-electron chi connectivity index (χ3n) is 2.56. The highest BCUT2D eigenvalue weighted by Crippen LogP contribution is 2.02. The molecule has 0 amide bonds. The van der Waals surface area contributed by atoms with E-state index < -0.39 is 6.04 Å². The van der Waals surface area contributed by atoms with Gasteiger partial charge in [0.05, 0.1) is 13.2 Å². The number of nitrogens with two attached hydrogens (primary N) is 1. The molecule has 1 atom stereocenters. The first kappa shape index (κ1) is 14.8. The third-order valence-corrected chi connectivity index (χ3v) is 3.56. The first-order chi connectivity index (χ1) is 8.24. The molecular formula is C11H22N2O3S. The molecule has 1 aliphatic rings. The van der Waals surface area contributed by atoms with Crippen LogP contribution >= 0.6 is 11.8 Å². The Labute approximate surface area is 107 Å². The number of thioether (sulfide) groups is 1. The normalized spacial score (nSPS) is 18.9. The molecule has 5 nitrogen and oxygen atoms in total. The molecule has 2 N–H and O–H groups in total. The molecule has 1 saturated heterocycles. The highest BCUT2D eigenvalue weighted by atomic mass is 32.2. The molecule has 100 valence electrons. The van der Waals surface area contributed by atoms with E-state index in [9.17, 15) is 4.79 Å². The van der Waals surface area contributed by atoms with Crippen LogP contribution in [0, 0.1) is 0 Å². The average Bonchev–Trinajstić information content (AvgIpc) is 2.37. The minimum atomic E-state index is -0.496. The lowest BCUT2D eigenvalue weighted by Crippen LogP contribution is -2.40. The number of esters is 1. The van der Waals surface area contributed by atoms with Gasteiger partial charge in [0.15, 0.2) is 0 Å². The summed E-state index contributed by atoms with van der Waals surface area (Å²) in [6.07, 6.45) is 0. The Morgan fingerprint density at radius 2 is 2.24 bits per heavy atom. The van der Waals surface area contributed by atoms with Gasteiger partial charge in [-0.3, -0.25) is 9.69 Å². The third kappa shape index (κ3) is 6.26. The van der Waals surface area contributed by atoms with Crippen LogP contribution in [0.5, 0.6) is 0 Å². The number of morpholine rings is 1. The molecule has 1 rings (SSSR count). The van der Waals surface area contributed by atoms with E-state index in [1.54, 1.807) is 11.8 Å². The second-order valence-electron chi connectivity index (χ2n) is 3.89. The molecule has 0 bridgehead atoms. The Hall–Kier alpha value is -0.300. The van der Waals surface area contributed by atoms with Crippen molar-refractivity contribution in [1.29, 1.82) is 0 Å². The van der Waals surface area contributed by atoms with E-state index in [0.717, 1.165) is 38.6 Å². The zero-order chi connectivity index (χ0) is 12.5. The van der Waals surface area contributed by atoms with Crippen molar-refractivity contribution in [2.75, 3.05) is 51.0 Å². The zero-order valence-electron chi connectivity index (χ0n) is 10.4. The molecule has 0 saturated carbocycles. The lowest BCUT2D eigenvalue weighted by molar-refractivity contribution is -0.145. The van der Waals surface area contributed by atoms with Crippen molar-refractivity contribution >= 4 is 17.7 Å². The summed E-state index contributed by atoms with van der Waals surface area (Å²) in [5, 5.41) is 0. The van der Waals surface area contributed by atoms with Crippen molar-refractivity contribution in [1.82, 2.24) is 4.90 Å². The fourth-order valence-corrected chi connectivity index (χ4v) is 2.15. The SMILES string of the molecule is CCSC[C@H](N)C(=O)OCCN1CCOCC1. The highest BCUT2D eigenvalue weighted by molar-refractivity contribution is 7.99. The van der Waals surface area contributed by atoms with E-state index in [4.69, 9.17) is 15.2 Å².